The largest absolute Gasteiger partial charge is 0.465 e. The van der Waals surface area contributed by atoms with Crippen LogP contribution in [0.25, 0.3) is 21.5 Å². The van der Waals surface area contributed by atoms with E-state index >= 15 is 0 Å². The number of carbonyl (C=O) groups excluding carboxylic acids is 5. The number of hydrogen-bond donors (Lipinski definition) is 6. The van der Waals surface area contributed by atoms with Crippen LogP contribution >= 0.6 is 0 Å². The van der Waals surface area contributed by atoms with E-state index in [0.717, 1.165) is 30.0 Å². The first kappa shape index (κ1) is 123. The van der Waals surface area contributed by atoms with Crippen molar-refractivity contribution in [3.8, 4) is 17.2 Å². The predicted octanol–water partition coefficient (Wildman–Crippen LogP) is 27.4. The normalized spacial score (nSPS) is 10.1. The van der Waals surface area contributed by atoms with Crippen molar-refractivity contribution in [2.24, 2.45) is 55.0 Å². The summed E-state index contributed by atoms with van der Waals surface area (Å²) in [5.41, 5.74) is 31.4. The number of benzene rings is 12. The Morgan fingerprint density at radius 3 is 0.785 bits per heavy atom. The molecule has 0 fully saturated rings. The quantitative estimate of drug-likeness (QED) is 0.0194. The number of rotatable bonds is 14. The monoisotopic (exact) mass is 1910 g/mol. The molecule has 12 rings (SSSR count). The first-order valence-corrected chi connectivity index (χ1v) is 42.6. The van der Waals surface area contributed by atoms with E-state index in [1.54, 1.807) is 133 Å². The summed E-state index contributed by atoms with van der Waals surface area (Å²) in [6.07, 6.45) is 5.40. The maximum atomic E-state index is 12.4. The van der Waals surface area contributed by atoms with Crippen LogP contribution in [0.1, 0.15) is 238 Å². The van der Waals surface area contributed by atoms with Crippen molar-refractivity contribution in [3.05, 3.63) is 374 Å². The van der Waals surface area contributed by atoms with E-state index in [2.05, 4.69) is 181 Å². The number of fused-ring (bicyclic) bond motifs is 2. The van der Waals surface area contributed by atoms with Gasteiger partial charge in [0.2, 0.25) is 0 Å². The van der Waals surface area contributed by atoms with Crippen molar-refractivity contribution in [2.45, 2.75) is 178 Å². The van der Waals surface area contributed by atoms with Crippen molar-refractivity contribution in [1.29, 1.82) is 10.8 Å². The minimum absolute atomic E-state index is 0. The van der Waals surface area contributed by atoms with Gasteiger partial charge in [0.15, 0.2) is 5.96 Å². The average molecular weight is 1920 g/mol. The molecular formula is C111H145N7O10Y2-2. The van der Waals surface area contributed by atoms with Gasteiger partial charge < -0.3 is 61.5 Å². The van der Waals surface area contributed by atoms with Crippen LogP contribution in [-0.2, 0) is 94.2 Å². The number of nitrogen functional groups attached to an aromatic ring is 2. The third kappa shape index (κ3) is 54.4. The van der Waals surface area contributed by atoms with E-state index in [9.17, 15) is 24.0 Å². The number of esters is 5. The van der Waals surface area contributed by atoms with Gasteiger partial charge in [-0.05, 0) is 212 Å². The smallest absolute Gasteiger partial charge is 0.343 e. The molecule has 0 aliphatic carbocycles. The van der Waals surface area contributed by atoms with Gasteiger partial charge in [-0.15, -0.1) is 0 Å². The Balaban J connectivity index is -0.00000145. The summed E-state index contributed by atoms with van der Waals surface area (Å²) in [5.74, 6) is -0.406. The molecule has 0 unspecified atom stereocenters. The molecule has 0 bridgehead atoms. The molecule has 19 heteroatoms. The topological polar surface area (TPSA) is 296 Å². The van der Waals surface area contributed by atoms with Crippen LogP contribution in [0.15, 0.2) is 308 Å². The van der Waals surface area contributed by atoms with Crippen LogP contribution in [0, 0.1) is 52.7 Å². The molecule has 17 nitrogen and oxygen atoms in total. The molecule has 0 atom stereocenters. The Morgan fingerprint density at radius 2 is 0.515 bits per heavy atom. The number of amidine groups is 2. The SMILES string of the molecule is CC.CC.CC(C)(C)Cc1ccc(C(=O)Oc2ccc(C(=N)N)cc2)cc1.CC(C)(C)Cc1ccc(C(=O)Oc2ccc(N=C(N)N)cc2)cc1.CC(C)(C)Cc1ccc(C(=O)Oc2ccc3cc(C(=N)N)ccc3c2)cc1.CCC(C)(C)C.CCC(C)(C)C.COC(=O)c1ccccc1.COC(=O)c1ccccc1.[CH3-].[CH3-].[Y].[Y].c1ccc2ccccc2c1.c1ccccc1. The summed E-state index contributed by atoms with van der Waals surface area (Å²) >= 11 is 0. The molecular weight excluding hydrogens is 1770 g/mol. The summed E-state index contributed by atoms with van der Waals surface area (Å²) in [6, 6.07) is 93.1. The molecule has 12 aromatic rings. The van der Waals surface area contributed by atoms with E-state index < -0.39 is 11.9 Å². The standard InChI is InChI=1S/C23H24N2O2.C19H23N3O2.C19H22N2O2.C10H8.2C8H8O2.C6H6.2C6H14.2C2H6.2CH3.2Y/c1-23(2,3)14-15-4-6-16(7-5-15)22(26)27-20-11-10-17-12-19(21(24)25)9-8-18(17)13-20;1-19(2,3)12-13-4-6-14(7-5-13)17(23)24-16-10-8-15(9-11-16)22-18(20)21;1-19(2,3)12-13-4-6-15(7-5-13)18(22)23-16-10-8-14(9-11-16)17(20)21;1-2-6-10-8-4-3-7-9(10)5-1;2*1-10-8(9)7-5-3-2-4-6-7;1-2-4-6-5-3-1;2*1-5-6(2,3)4;2*1-2;;;;/h4-13H,14H2,1-3H3,(H3,24,25);4-11H,12H2,1-3H3,(H4,20,21,22);4-11H,12H2,1-3H3,(H3,20,21);1-8H;2*2-6H,1H3;1-6H;2*5H2,1-4H3;2*1-2H3;2*1H3;;/q;;;;;;;;;;;2*-1;;. The number of methoxy groups -OCH3 is 2. The fraction of sp³-hybridized carbons (Fsp3) is 0.297. The Hall–Kier alpha value is -11.1. The summed E-state index contributed by atoms with van der Waals surface area (Å²) < 4.78 is 25.2. The van der Waals surface area contributed by atoms with Crippen LogP contribution < -0.4 is 37.1 Å². The van der Waals surface area contributed by atoms with Crippen LogP contribution in [0.2, 0.25) is 0 Å². The minimum atomic E-state index is -0.400. The molecule has 0 amide bonds. The van der Waals surface area contributed by atoms with Crippen molar-refractivity contribution in [3.63, 3.8) is 0 Å². The van der Waals surface area contributed by atoms with Crippen molar-refractivity contribution in [1.82, 2.24) is 0 Å². The number of nitrogens with one attached hydrogen (secondary N) is 2. The van der Waals surface area contributed by atoms with E-state index in [1.165, 1.54) is 54.5 Å². The Kier molecular flexibility index (Phi) is 61.2. The number of ether oxygens (including phenoxy) is 5. The van der Waals surface area contributed by atoms with Gasteiger partial charge >= 0.3 is 29.8 Å². The molecule has 0 aliphatic heterocycles. The molecule has 0 spiro atoms. The number of hydrogen-bond acceptors (Lipinski definition) is 13. The zero-order chi connectivity index (χ0) is 94.6. The van der Waals surface area contributed by atoms with Gasteiger partial charge in [-0.25, -0.2) is 29.0 Å². The molecule has 2 radical (unpaired) electrons. The summed E-state index contributed by atoms with van der Waals surface area (Å²) in [4.78, 5) is 62.2. The molecule has 12 aromatic carbocycles. The maximum Gasteiger partial charge on any atom is 0.343 e. The molecule has 0 aromatic heterocycles. The molecule has 692 valence electrons. The number of nitrogens with two attached hydrogens (primary N) is 4. The van der Waals surface area contributed by atoms with E-state index in [1.807, 2.05) is 149 Å². The first-order valence-electron chi connectivity index (χ1n) is 42.6. The number of carbonyl (C=O) groups is 5. The van der Waals surface area contributed by atoms with Gasteiger partial charge in [-0.1, -0.05) is 334 Å². The van der Waals surface area contributed by atoms with Gasteiger partial charge in [0.25, 0.3) is 0 Å². The van der Waals surface area contributed by atoms with Gasteiger partial charge in [-0.2, -0.15) is 0 Å². The molecule has 0 heterocycles. The number of nitrogens with zero attached hydrogens (tertiary/aromatic N) is 1. The van der Waals surface area contributed by atoms with Gasteiger partial charge in [0, 0.05) is 76.5 Å². The van der Waals surface area contributed by atoms with Gasteiger partial charge in [0.05, 0.1) is 47.7 Å². The van der Waals surface area contributed by atoms with E-state index in [-0.39, 0.29) is 132 Å². The zero-order valence-electron chi connectivity index (χ0n) is 81.9. The van der Waals surface area contributed by atoms with Crippen LogP contribution in [0.3, 0.4) is 0 Å². The Labute approximate surface area is 829 Å². The fourth-order valence-electron chi connectivity index (χ4n) is 10.4. The maximum absolute atomic E-state index is 12.4. The summed E-state index contributed by atoms with van der Waals surface area (Å²) in [7, 11) is 2.74. The van der Waals surface area contributed by atoms with Crippen molar-refractivity contribution in [2.75, 3.05) is 14.2 Å². The first-order chi connectivity index (χ1) is 59.5. The van der Waals surface area contributed by atoms with Gasteiger partial charge in [0.1, 0.15) is 28.9 Å². The summed E-state index contributed by atoms with van der Waals surface area (Å²) in [6.45, 7) is 45.5. The van der Waals surface area contributed by atoms with Crippen molar-refractivity contribution < 1.29 is 113 Å². The zero-order valence-corrected chi connectivity index (χ0v) is 87.6. The van der Waals surface area contributed by atoms with Crippen LogP contribution in [0.5, 0.6) is 17.2 Å². The second kappa shape index (κ2) is 64.6. The second-order valence-electron chi connectivity index (χ2n) is 34.6. The third-order valence-corrected chi connectivity index (χ3v) is 17.6. The van der Waals surface area contributed by atoms with Crippen LogP contribution in [0.4, 0.5) is 5.69 Å². The Morgan fingerprint density at radius 1 is 0.285 bits per heavy atom. The molecule has 0 saturated heterocycles. The fourth-order valence-corrected chi connectivity index (χ4v) is 10.4. The minimum Gasteiger partial charge on any atom is -0.465 e. The molecule has 0 aliphatic rings. The van der Waals surface area contributed by atoms with Crippen LogP contribution in [-0.4, -0.2) is 61.7 Å². The van der Waals surface area contributed by atoms with E-state index in [0.29, 0.717) is 72.7 Å². The average Bonchev–Trinajstić information content (AvgIpc) is 0.815. The summed E-state index contributed by atoms with van der Waals surface area (Å²) in [5, 5.41) is 19.3. The molecule has 130 heavy (non-hydrogen) atoms. The second-order valence-corrected chi connectivity index (χ2v) is 34.6. The molecule has 0 saturated carbocycles. The van der Waals surface area contributed by atoms with Gasteiger partial charge in [-0.3, -0.25) is 10.8 Å². The van der Waals surface area contributed by atoms with E-state index in [4.69, 9.17) is 48.0 Å². The third-order valence-electron chi connectivity index (χ3n) is 17.6. The number of aliphatic imine (C=N–C) groups is 1. The van der Waals surface area contributed by atoms with Crippen molar-refractivity contribution >= 4 is 74.7 Å². The predicted molar refractivity (Wildman–Crippen MR) is 539 cm³/mol. The number of guanidine groups is 1. The Bertz CT molecular complexity index is 5050. The molecule has 10 N–H and O–H groups in total.